The van der Waals surface area contributed by atoms with Crippen molar-refractivity contribution in [2.45, 2.75) is 13.8 Å². The predicted octanol–water partition coefficient (Wildman–Crippen LogP) is 3.03. The number of benzene rings is 1. The molecule has 0 bridgehead atoms. The number of aryl methyl sites for hydroxylation is 2. The van der Waals surface area contributed by atoms with Gasteiger partial charge in [0, 0.05) is 0 Å². The number of furan rings is 1. The number of rotatable bonds is 5. The molecule has 0 spiro atoms. The minimum Gasteiger partial charge on any atom is -0.483 e. The summed E-state index contributed by atoms with van der Waals surface area (Å²) in [7, 11) is 0. The first-order valence-electron chi connectivity index (χ1n) is 6.32. The van der Waals surface area contributed by atoms with Gasteiger partial charge in [-0.1, -0.05) is 12.1 Å². The Kier molecular flexibility index (Phi) is 5.38. The Bertz CT molecular complexity index is 665. The predicted molar refractivity (Wildman–Crippen MR) is 88.6 cm³/mol. The fourth-order valence-electron chi connectivity index (χ4n) is 1.60. The van der Waals surface area contributed by atoms with E-state index in [2.05, 4.69) is 33.1 Å². The Morgan fingerprint density at radius 3 is 2.90 bits per heavy atom. The molecule has 0 radical (unpaired) electrons. The summed E-state index contributed by atoms with van der Waals surface area (Å²) < 4.78 is 11.5. The van der Waals surface area contributed by atoms with Gasteiger partial charge >= 0.3 is 0 Å². The third-order valence-electron chi connectivity index (χ3n) is 2.68. The molecule has 21 heavy (non-hydrogen) atoms. The fourth-order valence-corrected chi connectivity index (χ4v) is 2.04. The summed E-state index contributed by atoms with van der Waals surface area (Å²) in [6, 6.07) is 9.44. The highest BCUT2D eigenvalue weighted by Gasteiger charge is 2.04. The van der Waals surface area contributed by atoms with Gasteiger partial charge in [0.15, 0.2) is 10.4 Å². The molecular weight excluding hydrogens is 383 g/mol. The average Bonchev–Trinajstić information content (AvgIpc) is 2.85. The van der Waals surface area contributed by atoms with E-state index >= 15 is 0 Å². The van der Waals surface area contributed by atoms with Crippen molar-refractivity contribution in [2.75, 3.05) is 6.61 Å². The van der Waals surface area contributed by atoms with E-state index in [0.29, 0.717) is 11.5 Å². The van der Waals surface area contributed by atoms with Crippen LogP contribution in [0.25, 0.3) is 0 Å². The molecule has 0 aliphatic rings. The molecule has 0 aliphatic heterocycles. The van der Waals surface area contributed by atoms with E-state index in [4.69, 9.17) is 9.15 Å². The molecule has 0 saturated heterocycles. The molecule has 1 aromatic carbocycles. The van der Waals surface area contributed by atoms with Crippen molar-refractivity contribution in [3.05, 3.63) is 51.0 Å². The van der Waals surface area contributed by atoms with Gasteiger partial charge < -0.3 is 9.15 Å². The van der Waals surface area contributed by atoms with Crippen molar-refractivity contribution in [3.8, 4) is 5.75 Å². The lowest BCUT2D eigenvalue weighted by Crippen LogP contribution is -2.24. The fraction of sp³-hybridized carbons (Fsp3) is 0.200. The van der Waals surface area contributed by atoms with Gasteiger partial charge in [0.2, 0.25) is 0 Å². The van der Waals surface area contributed by atoms with Gasteiger partial charge in [-0.3, -0.25) is 4.79 Å². The number of nitrogens with zero attached hydrogens (tertiary/aromatic N) is 1. The van der Waals surface area contributed by atoms with Crippen LogP contribution in [0.15, 0.2) is 39.9 Å². The van der Waals surface area contributed by atoms with Gasteiger partial charge in [-0.2, -0.15) is 5.10 Å². The molecule has 6 heteroatoms. The van der Waals surface area contributed by atoms with Gasteiger partial charge in [0.1, 0.15) is 11.5 Å². The first-order valence-corrected chi connectivity index (χ1v) is 7.40. The molecule has 2 aromatic rings. The summed E-state index contributed by atoms with van der Waals surface area (Å²) in [6.45, 7) is 3.82. The van der Waals surface area contributed by atoms with E-state index in [-0.39, 0.29) is 12.5 Å². The van der Waals surface area contributed by atoms with Crippen LogP contribution in [0.1, 0.15) is 16.9 Å². The van der Waals surface area contributed by atoms with Crippen LogP contribution in [0, 0.1) is 17.6 Å². The molecule has 0 atom stereocenters. The molecule has 0 unspecified atom stereocenters. The van der Waals surface area contributed by atoms with Gasteiger partial charge in [0.25, 0.3) is 5.91 Å². The topological polar surface area (TPSA) is 63.8 Å². The second-order valence-electron chi connectivity index (χ2n) is 4.49. The van der Waals surface area contributed by atoms with Crippen LogP contribution < -0.4 is 10.2 Å². The number of hydrogen-bond acceptors (Lipinski definition) is 4. The Hall–Kier alpha value is -1.83. The van der Waals surface area contributed by atoms with Gasteiger partial charge in [-0.05, 0) is 65.8 Å². The van der Waals surface area contributed by atoms with E-state index in [1.807, 2.05) is 38.1 Å². The number of halogens is 1. The number of nitrogens with one attached hydrogen (secondary N) is 1. The van der Waals surface area contributed by atoms with Crippen LogP contribution in [0.5, 0.6) is 5.75 Å². The summed E-state index contributed by atoms with van der Waals surface area (Å²) in [4.78, 5) is 11.6. The van der Waals surface area contributed by atoms with E-state index < -0.39 is 0 Å². The number of hydrogen-bond donors (Lipinski definition) is 1. The monoisotopic (exact) mass is 398 g/mol. The third-order valence-corrected chi connectivity index (χ3v) is 3.26. The molecule has 2 rings (SSSR count). The van der Waals surface area contributed by atoms with Gasteiger partial charge in [-0.15, -0.1) is 0 Å². The molecule has 0 aliphatic carbocycles. The molecule has 110 valence electrons. The number of carbonyl (C=O) groups is 1. The second-order valence-corrected chi connectivity index (χ2v) is 5.56. The maximum Gasteiger partial charge on any atom is 0.277 e. The lowest BCUT2D eigenvalue weighted by molar-refractivity contribution is -0.123. The van der Waals surface area contributed by atoms with Crippen molar-refractivity contribution in [1.29, 1.82) is 0 Å². The Labute approximate surface area is 136 Å². The highest BCUT2D eigenvalue weighted by Crippen LogP contribution is 2.18. The van der Waals surface area contributed by atoms with E-state index in [1.165, 1.54) is 6.21 Å². The summed E-state index contributed by atoms with van der Waals surface area (Å²) in [6.07, 6.45) is 1.44. The summed E-state index contributed by atoms with van der Waals surface area (Å²) in [5.74, 6) is 0.957. The van der Waals surface area contributed by atoms with Crippen molar-refractivity contribution in [2.24, 2.45) is 5.10 Å². The molecule has 1 aromatic heterocycles. The normalized spacial score (nSPS) is 10.8. The van der Waals surface area contributed by atoms with Crippen molar-refractivity contribution in [3.63, 3.8) is 0 Å². The van der Waals surface area contributed by atoms with Crippen LogP contribution in [0.2, 0.25) is 0 Å². The molecule has 5 nitrogen and oxygen atoms in total. The quantitative estimate of drug-likeness (QED) is 0.479. The van der Waals surface area contributed by atoms with Crippen LogP contribution in [0.3, 0.4) is 0 Å². The van der Waals surface area contributed by atoms with Crippen LogP contribution >= 0.6 is 22.6 Å². The van der Waals surface area contributed by atoms with Gasteiger partial charge in [0.05, 0.1) is 6.21 Å². The van der Waals surface area contributed by atoms with Crippen molar-refractivity contribution >= 4 is 34.7 Å². The third kappa shape index (κ3) is 4.89. The molecule has 1 N–H and O–H groups in total. The summed E-state index contributed by atoms with van der Waals surface area (Å²) in [5.41, 5.74) is 4.46. The zero-order valence-electron chi connectivity index (χ0n) is 11.7. The second kappa shape index (κ2) is 7.26. The Morgan fingerprint density at radius 2 is 2.19 bits per heavy atom. The van der Waals surface area contributed by atoms with E-state index in [1.54, 1.807) is 6.07 Å². The van der Waals surface area contributed by atoms with Crippen molar-refractivity contribution in [1.82, 2.24) is 5.43 Å². The minimum absolute atomic E-state index is 0.0860. The molecule has 0 saturated carbocycles. The zero-order chi connectivity index (χ0) is 15.2. The number of hydrazone groups is 1. The van der Waals surface area contributed by atoms with E-state index in [0.717, 1.165) is 14.9 Å². The lowest BCUT2D eigenvalue weighted by Gasteiger charge is -2.08. The Balaban J connectivity index is 1.82. The van der Waals surface area contributed by atoms with Gasteiger partial charge in [-0.25, -0.2) is 5.43 Å². The zero-order valence-corrected chi connectivity index (χ0v) is 13.9. The summed E-state index contributed by atoms with van der Waals surface area (Å²) in [5, 5.41) is 3.81. The molecule has 1 heterocycles. The lowest BCUT2D eigenvalue weighted by atomic mass is 10.1. The molecule has 0 fully saturated rings. The SMILES string of the molecule is Cc1ccc(C)c(OCC(=O)N/N=C/c2ccc(I)o2)c1. The largest absolute Gasteiger partial charge is 0.483 e. The summed E-state index contributed by atoms with van der Waals surface area (Å²) >= 11 is 2.06. The molecule has 1 amide bonds. The Morgan fingerprint density at radius 1 is 1.38 bits per heavy atom. The maximum atomic E-state index is 11.6. The standard InChI is InChI=1S/C15H15IN2O3/c1-10-3-4-11(2)13(7-10)20-9-15(19)18-17-8-12-5-6-14(16)21-12/h3-8H,9H2,1-2H3,(H,18,19)/b17-8+. The average molecular weight is 398 g/mol. The van der Waals surface area contributed by atoms with Crippen LogP contribution in [-0.2, 0) is 4.79 Å². The van der Waals surface area contributed by atoms with Crippen LogP contribution in [0.4, 0.5) is 0 Å². The van der Waals surface area contributed by atoms with Crippen molar-refractivity contribution < 1.29 is 13.9 Å². The van der Waals surface area contributed by atoms with Crippen LogP contribution in [-0.4, -0.2) is 18.7 Å². The number of carbonyl (C=O) groups excluding carboxylic acids is 1. The minimum atomic E-state index is -0.326. The number of amides is 1. The first kappa shape index (κ1) is 15.6. The van der Waals surface area contributed by atoms with E-state index in [9.17, 15) is 4.79 Å². The highest BCUT2D eigenvalue weighted by molar-refractivity contribution is 14.1. The number of ether oxygens (including phenoxy) is 1. The maximum absolute atomic E-state index is 11.6. The smallest absolute Gasteiger partial charge is 0.277 e. The highest BCUT2D eigenvalue weighted by atomic mass is 127. The first-order chi connectivity index (χ1) is 10.0. The molecular formula is C15H15IN2O3.